The topological polar surface area (TPSA) is 44.5 Å². The minimum atomic E-state index is -0.0306. The summed E-state index contributed by atoms with van der Waals surface area (Å²) in [5.41, 5.74) is 6.95. The molecule has 1 aromatic rings. The number of rotatable bonds is 3. The van der Waals surface area contributed by atoms with Gasteiger partial charge in [0.2, 0.25) is 6.79 Å². The molecule has 3 nitrogen and oxygen atoms in total. The van der Waals surface area contributed by atoms with Gasteiger partial charge in [0, 0.05) is 17.1 Å². The van der Waals surface area contributed by atoms with E-state index < -0.39 is 0 Å². The summed E-state index contributed by atoms with van der Waals surface area (Å²) in [6.45, 7) is 2.36. The van der Waals surface area contributed by atoms with Gasteiger partial charge in [0.15, 0.2) is 11.5 Å². The minimum Gasteiger partial charge on any atom is -0.454 e. The Morgan fingerprint density at radius 2 is 2.07 bits per heavy atom. The third kappa shape index (κ3) is 2.03. The van der Waals surface area contributed by atoms with Gasteiger partial charge in [0.1, 0.15) is 0 Å². The summed E-state index contributed by atoms with van der Waals surface area (Å²) in [6, 6.07) is 3.62. The number of fused-ring (bicyclic) bond motifs is 1. The molecule has 82 valence electrons. The van der Waals surface area contributed by atoms with Crippen LogP contribution in [0, 0.1) is 0 Å². The zero-order chi connectivity index (χ0) is 10.8. The van der Waals surface area contributed by atoms with Gasteiger partial charge in [-0.2, -0.15) is 0 Å². The second-order valence-electron chi connectivity index (χ2n) is 3.62. The molecule has 0 aromatic heterocycles. The molecule has 0 bridgehead atoms. The molecule has 0 saturated heterocycles. The van der Waals surface area contributed by atoms with Crippen molar-refractivity contribution in [3.05, 3.63) is 22.7 Å². The standard InChI is InChI=1S/C11H14ClNO2/c1-2-3-9(13)7-4-10-11(5-8(7)12)15-6-14-10/h4-5,9H,2-3,6,13H2,1H3. The first kappa shape index (κ1) is 10.6. The number of halogens is 1. The lowest BCUT2D eigenvalue weighted by molar-refractivity contribution is 0.174. The summed E-state index contributed by atoms with van der Waals surface area (Å²) >= 11 is 6.12. The van der Waals surface area contributed by atoms with Crippen LogP contribution < -0.4 is 15.2 Å². The highest BCUT2D eigenvalue weighted by molar-refractivity contribution is 6.31. The van der Waals surface area contributed by atoms with Gasteiger partial charge in [-0.3, -0.25) is 0 Å². The summed E-state index contributed by atoms with van der Waals surface area (Å²) < 4.78 is 10.5. The fourth-order valence-electron chi connectivity index (χ4n) is 1.68. The Bertz CT molecular complexity index is 368. The van der Waals surface area contributed by atoms with E-state index in [4.69, 9.17) is 26.8 Å². The van der Waals surface area contributed by atoms with Gasteiger partial charge in [-0.05, 0) is 18.1 Å². The molecule has 1 aromatic carbocycles. The molecule has 0 aliphatic carbocycles. The van der Waals surface area contributed by atoms with E-state index in [1.54, 1.807) is 6.07 Å². The van der Waals surface area contributed by atoms with Gasteiger partial charge < -0.3 is 15.2 Å². The molecular formula is C11H14ClNO2. The fourth-order valence-corrected chi connectivity index (χ4v) is 1.98. The lowest BCUT2D eigenvalue weighted by atomic mass is 10.0. The maximum Gasteiger partial charge on any atom is 0.231 e. The van der Waals surface area contributed by atoms with Gasteiger partial charge >= 0.3 is 0 Å². The molecule has 1 heterocycles. The van der Waals surface area contributed by atoms with Crippen molar-refractivity contribution in [2.24, 2.45) is 5.73 Å². The monoisotopic (exact) mass is 227 g/mol. The van der Waals surface area contributed by atoms with Crippen LogP contribution in [0.3, 0.4) is 0 Å². The molecular weight excluding hydrogens is 214 g/mol. The van der Waals surface area contributed by atoms with E-state index in [0.29, 0.717) is 10.8 Å². The van der Waals surface area contributed by atoms with Crippen LogP contribution in [0.2, 0.25) is 5.02 Å². The highest BCUT2D eigenvalue weighted by Crippen LogP contribution is 2.39. The van der Waals surface area contributed by atoms with Crippen LogP contribution in [-0.2, 0) is 0 Å². The van der Waals surface area contributed by atoms with E-state index in [-0.39, 0.29) is 12.8 Å². The van der Waals surface area contributed by atoms with Gasteiger partial charge in [-0.15, -0.1) is 0 Å². The third-order valence-corrected chi connectivity index (χ3v) is 2.82. The smallest absolute Gasteiger partial charge is 0.231 e. The number of ether oxygens (including phenoxy) is 2. The highest BCUT2D eigenvalue weighted by atomic mass is 35.5. The second-order valence-corrected chi connectivity index (χ2v) is 4.03. The molecule has 2 rings (SSSR count). The molecule has 0 radical (unpaired) electrons. The van der Waals surface area contributed by atoms with Crippen LogP contribution >= 0.6 is 11.6 Å². The predicted octanol–water partition coefficient (Wildman–Crippen LogP) is 2.87. The molecule has 0 amide bonds. The normalized spacial score (nSPS) is 15.4. The summed E-state index contributed by atoms with van der Waals surface area (Å²) in [5, 5.41) is 0.653. The number of hydrogen-bond acceptors (Lipinski definition) is 3. The van der Waals surface area contributed by atoms with Crippen molar-refractivity contribution in [1.82, 2.24) is 0 Å². The van der Waals surface area contributed by atoms with E-state index in [2.05, 4.69) is 6.92 Å². The maximum atomic E-state index is 6.12. The number of nitrogens with two attached hydrogens (primary N) is 1. The van der Waals surface area contributed by atoms with Crippen molar-refractivity contribution in [2.75, 3.05) is 6.79 Å². The Morgan fingerprint density at radius 3 is 2.73 bits per heavy atom. The van der Waals surface area contributed by atoms with Crippen LogP contribution in [0.25, 0.3) is 0 Å². The molecule has 4 heteroatoms. The Balaban J connectivity index is 2.31. The molecule has 1 atom stereocenters. The summed E-state index contributed by atoms with van der Waals surface area (Å²) in [4.78, 5) is 0. The van der Waals surface area contributed by atoms with Crippen molar-refractivity contribution in [3.8, 4) is 11.5 Å². The molecule has 0 spiro atoms. The SMILES string of the molecule is CCCC(N)c1cc2c(cc1Cl)OCO2. The average Bonchev–Trinajstić information content (AvgIpc) is 2.63. The number of benzene rings is 1. The zero-order valence-corrected chi connectivity index (χ0v) is 9.38. The summed E-state index contributed by atoms with van der Waals surface area (Å²) in [7, 11) is 0. The molecule has 15 heavy (non-hydrogen) atoms. The first-order chi connectivity index (χ1) is 7.22. The average molecular weight is 228 g/mol. The predicted molar refractivity (Wildman–Crippen MR) is 59.4 cm³/mol. The van der Waals surface area contributed by atoms with Crippen molar-refractivity contribution in [1.29, 1.82) is 0 Å². The Morgan fingerprint density at radius 1 is 1.40 bits per heavy atom. The molecule has 2 N–H and O–H groups in total. The Labute approximate surface area is 94.1 Å². The van der Waals surface area contributed by atoms with Gasteiger partial charge in [0.25, 0.3) is 0 Å². The van der Waals surface area contributed by atoms with Crippen LogP contribution in [0.1, 0.15) is 31.4 Å². The first-order valence-electron chi connectivity index (χ1n) is 5.07. The summed E-state index contributed by atoms with van der Waals surface area (Å²) in [5.74, 6) is 1.44. The Kier molecular flexibility index (Phi) is 3.03. The third-order valence-electron chi connectivity index (χ3n) is 2.49. The van der Waals surface area contributed by atoms with Gasteiger partial charge in [0.05, 0.1) is 0 Å². The lowest BCUT2D eigenvalue weighted by Gasteiger charge is -2.13. The second kappa shape index (κ2) is 4.29. The van der Waals surface area contributed by atoms with Crippen molar-refractivity contribution >= 4 is 11.6 Å². The molecule has 1 aliphatic heterocycles. The molecule has 1 aliphatic rings. The Hall–Kier alpha value is -0.930. The van der Waals surface area contributed by atoms with E-state index >= 15 is 0 Å². The highest BCUT2D eigenvalue weighted by Gasteiger charge is 2.19. The quantitative estimate of drug-likeness (QED) is 0.864. The van der Waals surface area contributed by atoms with Crippen molar-refractivity contribution in [2.45, 2.75) is 25.8 Å². The van der Waals surface area contributed by atoms with E-state index in [0.717, 1.165) is 24.2 Å². The van der Waals surface area contributed by atoms with Crippen LogP contribution in [0.15, 0.2) is 12.1 Å². The van der Waals surface area contributed by atoms with E-state index in [1.807, 2.05) is 6.07 Å². The van der Waals surface area contributed by atoms with Crippen LogP contribution in [0.5, 0.6) is 11.5 Å². The van der Waals surface area contributed by atoms with Crippen LogP contribution in [0.4, 0.5) is 0 Å². The number of hydrogen-bond donors (Lipinski definition) is 1. The van der Waals surface area contributed by atoms with Crippen LogP contribution in [-0.4, -0.2) is 6.79 Å². The first-order valence-corrected chi connectivity index (χ1v) is 5.44. The fraction of sp³-hybridized carbons (Fsp3) is 0.455. The molecule has 0 saturated carbocycles. The minimum absolute atomic E-state index is 0.0306. The lowest BCUT2D eigenvalue weighted by Crippen LogP contribution is -2.10. The van der Waals surface area contributed by atoms with Crippen molar-refractivity contribution in [3.63, 3.8) is 0 Å². The maximum absolute atomic E-state index is 6.12. The molecule has 0 fully saturated rings. The van der Waals surface area contributed by atoms with Crippen molar-refractivity contribution < 1.29 is 9.47 Å². The largest absolute Gasteiger partial charge is 0.454 e. The van der Waals surface area contributed by atoms with E-state index in [9.17, 15) is 0 Å². The molecule has 1 unspecified atom stereocenters. The zero-order valence-electron chi connectivity index (χ0n) is 8.63. The van der Waals surface area contributed by atoms with Gasteiger partial charge in [-0.1, -0.05) is 24.9 Å². The van der Waals surface area contributed by atoms with E-state index in [1.165, 1.54) is 0 Å². The van der Waals surface area contributed by atoms with Gasteiger partial charge in [-0.25, -0.2) is 0 Å². The summed E-state index contributed by atoms with van der Waals surface area (Å²) in [6.07, 6.45) is 1.95.